The molecule has 2 aromatic carbocycles. The molecule has 0 aromatic heterocycles. The van der Waals surface area contributed by atoms with Crippen LogP contribution in [0.15, 0.2) is 47.4 Å². The Kier molecular flexibility index (Phi) is 5.85. The Bertz CT molecular complexity index is 1130. The fourth-order valence-corrected chi connectivity index (χ4v) is 5.03. The number of benzene rings is 2. The third kappa shape index (κ3) is 4.65. The lowest BCUT2D eigenvalue weighted by molar-refractivity contribution is -0.120. The molecule has 1 aliphatic carbocycles. The molecule has 1 aliphatic heterocycles. The van der Waals surface area contributed by atoms with E-state index in [-0.39, 0.29) is 41.6 Å². The highest BCUT2D eigenvalue weighted by Gasteiger charge is 2.39. The van der Waals surface area contributed by atoms with Crippen molar-refractivity contribution < 1.29 is 18.0 Å². The molecule has 1 fully saturated rings. The molecule has 7 nitrogen and oxygen atoms in total. The number of amides is 2. The minimum atomic E-state index is -3.75. The van der Waals surface area contributed by atoms with E-state index in [0.29, 0.717) is 12.1 Å². The van der Waals surface area contributed by atoms with Crippen LogP contribution in [-0.4, -0.2) is 32.8 Å². The lowest BCUT2D eigenvalue weighted by atomic mass is 10.1. The number of nitrogens with one attached hydrogen (secondary N) is 2. The molecule has 1 heterocycles. The van der Waals surface area contributed by atoms with E-state index < -0.39 is 10.0 Å². The van der Waals surface area contributed by atoms with Gasteiger partial charge >= 0.3 is 0 Å². The lowest BCUT2D eigenvalue weighted by Crippen LogP contribution is -2.36. The van der Waals surface area contributed by atoms with Gasteiger partial charge in [0.25, 0.3) is 0 Å². The molecule has 31 heavy (non-hydrogen) atoms. The molecule has 2 aromatic rings. The summed E-state index contributed by atoms with van der Waals surface area (Å²) in [6.07, 6.45) is 2.53. The monoisotopic (exact) mass is 441 g/mol. The van der Waals surface area contributed by atoms with E-state index in [1.807, 2.05) is 36.9 Å². The van der Waals surface area contributed by atoms with E-state index in [0.717, 1.165) is 29.7 Å². The third-order valence-corrected chi connectivity index (χ3v) is 7.26. The summed E-state index contributed by atoms with van der Waals surface area (Å²) in [7, 11) is -3.75. The summed E-state index contributed by atoms with van der Waals surface area (Å²) in [5.74, 6) is -0.00190. The molecule has 4 rings (SSSR count). The second kappa shape index (κ2) is 8.43. The molecular formula is C23H27N3O4S. The average molecular weight is 442 g/mol. The fourth-order valence-electron chi connectivity index (χ4n) is 3.95. The van der Waals surface area contributed by atoms with Crippen molar-refractivity contribution in [2.24, 2.45) is 5.92 Å². The first-order valence-corrected chi connectivity index (χ1v) is 12.1. The van der Waals surface area contributed by atoms with Crippen LogP contribution in [0.1, 0.15) is 37.3 Å². The van der Waals surface area contributed by atoms with E-state index in [4.69, 9.17) is 0 Å². The van der Waals surface area contributed by atoms with Crippen molar-refractivity contribution in [2.45, 2.75) is 50.5 Å². The summed E-state index contributed by atoms with van der Waals surface area (Å²) in [4.78, 5) is 26.7. The Morgan fingerprint density at radius 1 is 1.13 bits per heavy atom. The van der Waals surface area contributed by atoms with Crippen LogP contribution in [0, 0.1) is 12.8 Å². The number of hydrogen-bond acceptors (Lipinski definition) is 4. The maximum atomic E-state index is 12.7. The summed E-state index contributed by atoms with van der Waals surface area (Å²) in [5.41, 5.74) is 3.33. The van der Waals surface area contributed by atoms with E-state index in [9.17, 15) is 18.0 Å². The highest BCUT2D eigenvalue weighted by molar-refractivity contribution is 7.89. The van der Waals surface area contributed by atoms with Crippen molar-refractivity contribution in [1.82, 2.24) is 4.72 Å². The minimum absolute atomic E-state index is 0.000172. The van der Waals surface area contributed by atoms with Gasteiger partial charge in [0.1, 0.15) is 0 Å². The first kappa shape index (κ1) is 21.5. The summed E-state index contributed by atoms with van der Waals surface area (Å²) in [5, 5.41) is 2.79. The zero-order valence-electron chi connectivity index (χ0n) is 17.7. The molecule has 164 valence electrons. The van der Waals surface area contributed by atoms with Gasteiger partial charge in [0.05, 0.1) is 4.90 Å². The highest BCUT2D eigenvalue weighted by Crippen LogP contribution is 2.39. The topological polar surface area (TPSA) is 95.6 Å². The van der Waals surface area contributed by atoms with Crippen LogP contribution in [0.4, 0.5) is 11.4 Å². The molecule has 0 spiro atoms. The van der Waals surface area contributed by atoms with Crippen molar-refractivity contribution in [1.29, 1.82) is 0 Å². The van der Waals surface area contributed by atoms with Crippen molar-refractivity contribution >= 4 is 33.2 Å². The number of anilines is 2. The number of carbonyl (C=O) groups is 2. The Morgan fingerprint density at radius 2 is 1.87 bits per heavy atom. The Labute approximate surface area is 182 Å². The number of sulfonamides is 1. The number of fused-ring (bicyclic) bond motifs is 1. The largest absolute Gasteiger partial charge is 0.326 e. The molecule has 8 heteroatoms. The van der Waals surface area contributed by atoms with E-state index in [1.54, 1.807) is 18.2 Å². The summed E-state index contributed by atoms with van der Waals surface area (Å²) in [6.45, 7) is 3.88. The van der Waals surface area contributed by atoms with Crippen molar-refractivity contribution in [2.75, 3.05) is 16.8 Å². The van der Waals surface area contributed by atoms with Crippen LogP contribution in [0.2, 0.25) is 0 Å². The number of hydrogen-bond donors (Lipinski definition) is 2. The normalized spacial score (nSPS) is 18.0. The maximum absolute atomic E-state index is 12.7. The van der Waals surface area contributed by atoms with E-state index in [2.05, 4.69) is 10.0 Å². The number of rotatable bonds is 7. The Hall–Kier alpha value is -2.71. The SMILES string of the molecule is Cc1ccccc1NC(=O)CCNS(=O)(=O)c1ccc2c(c1)C[C@H](C)N2C(=O)C1CC1. The standard InChI is InChI=1S/C23H27N3O4S/c1-15-5-3-4-6-20(15)25-22(27)11-12-24-31(29,30)19-9-10-21-18(14-19)13-16(2)26(21)23(28)17-7-8-17/h3-6,9-10,14,16-17,24H,7-8,11-13H2,1-2H3,(H,25,27)/t16-/m0/s1. The number of nitrogens with zero attached hydrogens (tertiary/aromatic N) is 1. The summed E-state index contributed by atoms with van der Waals surface area (Å²) in [6, 6.07) is 12.3. The molecule has 0 bridgehead atoms. The minimum Gasteiger partial charge on any atom is -0.326 e. The number of carbonyl (C=O) groups excluding carboxylic acids is 2. The quantitative estimate of drug-likeness (QED) is 0.691. The van der Waals surface area contributed by atoms with Crippen molar-refractivity contribution in [3.8, 4) is 0 Å². The molecule has 2 amide bonds. The van der Waals surface area contributed by atoms with Crippen LogP contribution in [0.5, 0.6) is 0 Å². The Morgan fingerprint density at radius 3 is 2.58 bits per heavy atom. The summed E-state index contributed by atoms with van der Waals surface area (Å²) >= 11 is 0. The predicted molar refractivity (Wildman–Crippen MR) is 119 cm³/mol. The van der Waals surface area contributed by atoms with Gasteiger partial charge in [-0.05, 0) is 68.5 Å². The maximum Gasteiger partial charge on any atom is 0.240 e. The van der Waals surface area contributed by atoms with Gasteiger partial charge in [0.2, 0.25) is 21.8 Å². The van der Waals surface area contributed by atoms with Gasteiger partial charge < -0.3 is 10.2 Å². The zero-order chi connectivity index (χ0) is 22.2. The summed E-state index contributed by atoms with van der Waals surface area (Å²) < 4.78 is 27.9. The van der Waals surface area contributed by atoms with Gasteiger partial charge in [-0.2, -0.15) is 0 Å². The average Bonchev–Trinajstić information content (AvgIpc) is 3.51. The van der Waals surface area contributed by atoms with Gasteiger partial charge in [0.15, 0.2) is 0 Å². The Balaban J connectivity index is 1.38. The van der Waals surface area contributed by atoms with Crippen LogP contribution < -0.4 is 14.9 Å². The molecule has 0 radical (unpaired) electrons. The number of para-hydroxylation sites is 1. The van der Waals surface area contributed by atoms with Crippen molar-refractivity contribution in [3.63, 3.8) is 0 Å². The van der Waals surface area contributed by atoms with Crippen LogP contribution in [0.25, 0.3) is 0 Å². The van der Waals surface area contributed by atoms with Crippen LogP contribution >= 0.6 is 0 Å². The molecule has 2 aliphatic rings. The third-order valence-electron chi connectivity index (χ3n) is 5.80. The molecule has 0 saturated heterocycles. The second-order valence-corrected chi connectivity index (χ2v) is 10.1. The highest BCUT2D eigenvalue weighted by atomic mass is 32.2. The molecule has 1 atom stereocenters. The predicted octanol–water partition coefficient (Wildman–Crippen LogP) is 2.99. The second-order valence-electron chi connectivity index (χ2n) is 8.34. The van der Waals surface area contributed by atoms with E-state index in [1.165, 1.54) is 6.07 Å². The lowest BCUT2D eigenvalue weighted by Gasteiger charge is -2.22. The van der Waals surface area contributed by atoms with Gasteiger partial charge in [-0.25, -0.2) is 13.1 Å². The molecule has 1 saturated carbocycles. The van der Waals surface area contributed by atoms with Gasteiger partial charge in [0, 0.05) is 36.3 Å². The van der Waals surface area contributed by atoms with Crippen LogP contribution in [-0.2, 0) is 26.0 Å². The first-order valence-electron chi connectivity index (χ1n) is 10.6. The zero-order valence-corrected chi connectivity index (χ0v) is 18.5. The van der Waals surface area contributed by atoms with Crippen molar-refractivity contribution in [3.05, 3.63) is 53.6 Å². The molecule has 0 unspecified atom stereocenters. The molecular weight excluding hydrogens is 414 g/mol. The fraction of sp³-hybridized carbons (Fsp3) is 0.391. The van der Waals surface area contributed by atoms with Gasteiger partial charge in [-0.1, -0.05) is 18.2 Å². The number of aryl methyl sites for hydroxylation is 1. The van der Waals surface area contributed by atoms with Gasteiger partial charge in [-0.3, -0.25) is 9.59 Å². The van der Waals surface area contributed by atoms with E-state index >= 15 is 0 Å². The van der Waals surface area contributed by atoms with Gasteiger partial charge in [-0.15, -0.1) is 0 Å². The first-order chi connectivity index (χ1) is 14.8. The van der Waals surface area contributed by atoms with Crippen LogP contribution in [0.3, 0.4) is 0 Å². The smallest absolute Gasteiger partial charge is 0.240 e. The molecule has 2 N–H and O–H groups in total.